The highest BCUT2D eigenvalue weighted by molar-refractivity contribution is 9.10. The molecule has 0 fully saturated rings. The maximum atomic E-state index is 12.0. The van der Waals surface area contributed by atoms with Crippen LogP contribution in [0.2, 0.25) is 0 Å². The molecule has 0 aliphatic carbocycles. The lowest BCUT2D eigenvalue weighted by atomic mass is 10.1. The van der Waals surface area contributed by atoms with Gasteiger partial charge in [0.05, 0.1) is 28.6 Å². The van der Waals surface area contributed by atoms with Crippen molar-refractivity contribution in [1.82, 2.24) is 15.5 Å². The van der Waals surface area contributed by atoms with Crippen molar-refractivity contribution in [1.29, 1.82) is 0 Å². The summed E-state index contributed by atoms with van der Waals surface area (Å²) in [6.07, 6.45) is 1.24. The predicted octanol–water partition coefficient (Wildman–Crippen LogP) is 0.940. The molecule has 0 aliphatic heterocycles. The third-order valence-corrected chi connectivity index (χ3v) is 3.75. The summed E-state index contributed by atoms with van der Waals surface area (Å²) in [5.41, 5.74) is -0.592. The monoisotopic (exact) mass is 406 g/mol. The van der Waals surface area contributed by atoms with Gasteiger partial charge in [0.15, 0.2) is 4.67 Å². The molecule has 0 bridgehead atoms. The summed E-state index contributed by atoms with van der Waals surface area (Å²) in [6.45, 7) is -0.320. The van der Waals surface area contributed by atoms with E-state index in [1.807, 2.05) is 0 Å². The molecule has 128 valence electrons. The molecule has 0 unspecified atom stereocenters. The van der Waals surface area contributed by atoms with Crippen molar-refractivity contribution < 1.29 is 14.0 Å². The minimum absolute atomic E-state index is 0.0599. The molecule has 0 saturated heterocycles. The van der Waals surface area contributed by atoms with Crippen molar-refractivity contribution in [3.8, 4) is 0 Å². The van der Waals surface area contributed by atoms with E-state index < -0.39 is 22.9 Å². The molecule has 1 aromatic carbocycles. The number of nitrogens with one attached hydrogen (secondary N) is 4. The van der Waals surface area contributed by atoms with E-state index in [1.54, 1.807) is 0 Å². The Morgan fingerprint density at radius 2 is 1.92 bits per heavy atom. The van der Waals surface area contributed by atoms with Gasteiger partial charge in [-0.25, -0.2) is 0 Å². The first kappa shape index (κ1) is 16.7. The second-order valence-electron chi connectivity index (χ2n) is 5.01. The van der Waals surface area contributed by atoms with E-state index in [9.17, 15) is 19.2 Å². The van der Waals surface area contributed by atoms with Crippen molar-refractivity contribution in [2.45, 2.75) is 0 Å². The normalized spacial score (nSPS) is 10.6. The lowest BCUT2D eigenvalue weighted by Gasteiger charge is -2.08. The van der Waals surface area contributed by atoms with Gasteiger partial charge >= 0.3 is 0 Å². The van der Waals surface area contributed by atoms with Crippen LogP contribution in [0.5, 0.6) is 0 Å². The topological polar surface area (TPSA) is 137 Å². The Morgan fingerprint density at radius 3 is 2.64 bits per heavy atom. The number of amides is 2. The summed E-state index contributed by atoms with van der Waals surface area (Å²) in [7, 11) is 0. The summed E-state index contributed by atoms with van der Waals surface area (Å²) in [6, 6.07) is 5.96. The molecular weight excluding hydrogens is 396 g/mol. The van der Waals surface area contributed by atoms with E-state index in [-0.39, 0.29) is 28.6 Å². The number of aromatic amines is 2. The van der Waals surface area contributed by atoms with E-state index in [0.717, 1.165) is 0 Å². The van der Waals surface area contributed by atoms with Crippen LogP contribution in [0.4, 0.5) is 5.69 Å². The number of fused-ring (bicyclic) bond motifs is 1. The smallest absolute Gasteiger partial charge is 0.272 e. The van der Waals surface area contributed by atoms with Gasteiger partial charge < -0.3 is 15.1 Å². The van der Waals surface area contributed by atoms with Gasteiger partial charge in [-0.1, -0.05) is 6.07 Å². The molecular formula is C15H11BrN4O5. The van der Waals surface area contributed by atoms with Crippen molar-refractivity contribution in [2.24, 2.45) is 0 Å². The van der Waals surface area contributed by atoms with Crippen molar-refractivity contribution in [3.63, 3.8) is 0 Å². The first-order valence-corrected chi connectivity index (χ1v) is 7.81. The third-order valence-electron chi connectivity index (χ3n) is 3.34. The van der Waals surface area contributed by atoms with E-state index in [4.69, 9.17) is 4.42 Å². The maximum Gasteiger partial charge on any atom is 0.272 e. The molecule has 10 heteroatoms. The molecule has 0 aliphatic rings. The standard InChI is InChI=1S/C15H11BrN4O5/c16-10-4-7(6-25-10)13(22)17-5-11(21)18-9-3-1-2-8-12(9)15(24)20-19-14(8)23/h1-4,6H,5H2,(H,17,22)(H,18,21)(H,19,23)(H,20,24). The van der Waals surface area contributed by atoms with Gasteiger partial charge in [0.2, 0.25) is 5.91 Å². The average Bonchev–Trinajstić information content (AvgIpc) is 3.03. The molecule has 2 heterocycles. The number of halogens is 1. The number of furan rings is 1. The molecule has 3 rings (SSSR count). The highest BCUT2D eigenvalue weighted by Gasteiger charge is 2.13. The van der Waals surface area contributed by atoms with Gasteiger partial charge in [0, 0.05) is 6.07 Å². The van der Waals surface area contributed by atoms with Gasteiger partial charge in [0.25, 0.3) is 17.0 Å². The molecule has 2 amide bonds. The van der Waals surface area contributed by atoms with E-state index in [2.05, 4.69) is 36.8 Å². The summed E-state index contributed by atoms with van der Waals surface area (Å²) < 4.78 is 5.34. The molecule has 0 spiro atoms. The van der Waals surface area contributed by atoms with Crippen molar-refractivity contribution in [2.75, 3.05) is 11.9 Å². The van der Waals surface area contributed by atoms with Crippen LogP contribution in [0.25, 0.3) is 10.8 Å². The first-order valence-electron chi connectivity index (χ1n) is 7.01. The van der Waals surface area contributed by atoms with Crippen LogP contribution in [0.1, 0.15) is 10.4 Å². The highest BCUT2D eigenvalue weighted by Crippen LogP contribution is 2.16. The van der Waals surface area contributed by atoms with Crippen molar-refractivity contribution >= 4 is 44.2 Å². The maximum absolute atomic E-state index is 12.0. The van der Waals surface area contributed by atoms with Crippen LogP contribution in [0.15, 0.2) is 49.2 Å². The fourth-order valence-electron chi connectivity index (χ4n) is 2.22. The van der Waals surface area contributed by atoms with Gasteiger partial charge in [-0.2, -0.15) is 0 Å². The fourth-order valence-corrected chi connectivity index (χ4v) is 2.56. The summed E-state index contributed by atoms with van der Waals surface area (Å²) in [5, 5.41) is 9.54. The molecule has 2 aromatic heterocycles. The number of H-pyrrole nitrogens is 2. The number of carbonyl (C=O) groups excluding carboxylic acids is 2. The first-order chi connectivity index (χ1) is 12.0. The second-order valence-corrected chi connectivity index (χ2v) is 5.79. The SMILES string of the molecule is O=C(CNC(=O)c1coc(Br)c1)Nc1cccc2c(=O)[nH][nH]c(=O)c12. The van der Waals surface area contributed by atoms with E-state index in [1.165, 1.54) is 30.5 Å². The molecule has 0 radical (unpaired) electrons. The van der Waals surface area contributed by atoms with Crippen molar-refractivity contribution in [3.05, 3.63) is 61.5 Å². The van der Waals surface area contributed by atoms with E-state index >= 15 is 0 Å². The zero-order valence-corrected chi connectivity index (χ0v) is 14.1. The Hall–Kier alpha value is -3.14. The Balaban J connectivity index is 1.74. The molecule has 25 heavy (non-hydrogen) atoms. The molecule has 3 aromatic rings. The van der Waals surface area contributed by atoms with Gasteiger partial charge in [0.1, 0.15) is 6.26 Å². The van der Waals surface area contributed by atoms with Crippen LogP contribution in [0, 0.1) is 0 Å². The average molecular weight is 407 g/mol. The molecule has 0 atom stereocenters. The van der Waals surface area contributed by atoms with Crippen LogP contribution in [-0.2, 0) is 4.79 Å². The summed E-state index contributed by atoms with van der Waals surface area (Å²) in [4.78, 5) is 47.6. The fraction of sp³-hybridized carbons (Fsp3) is 0.0667. The quantitative estimate of drug-likeness (QED) is 0.510. The van der Waals surface area contributed by atoms with Crippen LogP contribution >= 0.6 is 15.9 Å². The number of carbonyl (C=O) groups is 2. The zero-order valence-electron chi connectivity index (χ0n) is 12.5. The summed E-state index contributed by atoms with van der Waals surface area (Å²) in [5.74, 6) is -1.04. The largest absolute Gasteiger partial charge is 0.457 e. The number of hydrogen-bond acceptors (Lipinski definition) is 5. The minimum Gasteiger partial charge on any atom is -0.457 e. The van der Waals surface area contributed by atoms with Crippen LogP contribution in [-0.4, -0.2) is 28.6 Å². The summed E-state index contributed by atoms with van der Waals surface area (Å²) >= 11 is 3.07. The predicted molar refractivity (Wildman–Crippen MR) is 92.6 cm³/mol. The number of rotatable bonds is 4. The number of hydrogen-bond donors (Lipinski definition) is 4. The van der Waals surface area contributed by atoms with Crippen LogP contribution < -0.4 is 21.8 Å². The Labute approximate surface area is 147 Å². The van der Waals surface area contributed by atoms with E-state index in [0.29, 0.717) is 4.67 Å². The minimum atomic E-state index is -0.553. The Kier molecular flexibility index (Phi) is 4.52. The van der Waals surface area contributed by atoms with Crippen LogP contribution in [0.3, 0.4) is 0 Å². The van der Waals surface area contributed by atoms with Gasteiger partial charge in [-0.3, -0.25) is 29.4 Å². The number of aromatic nitrogens is 2. The zero-order chi connectivity index (χ0) is 18.0. The lowest BCUT2D eigenvalue weighted by Crippen LogP contribution is -2.33. The lowest BCUT2D eigenvalue weighted by molar-refractivity contribution is -0.115. The van der Waals surface area contributed by atoms with Gasteiger partial charge in [-0.05, 0) is 28.1 Å². The second kappa shape index (κ2) is 6.77. The Bertz CT molecular complexity index is 1080. The highest BCUT2D eigenvalue weighted by atomic mass is 79.9. The molecule has 4 N–H and O–H groups in total. The number of anilines is 1. The Morgan fingerprint density at radius 1 is 1.16 bits per heavy atom. The molecule has 9 nitrogen and oxygen atoms in total. The third kappa shape index (κ3) is 3.53. The molecule has 0 saturated carbocycles. The number of benzene rings is 1. The van der Waals surface area contributed by atoms with Gasteiger partial charge in [-0.15, -0.1) is 0 Å².